The van der Waals surface area contributed by atoms with E-state index in [9.17, 15) is 9.59 Å². The molecule has 0 aromatic rings. The average Bonchev–Trinajstić information content (AvgIpc) is 2.22. The molecule has 0 aromatic carbocycles. The van der Waals surface area contributed by atoms with Gasteiger partial charge in [0.2, 0.25) is 0 Å². The third-order valence-corrected chi connectivity index (χ3v) is 2.86. The topological polar surface area (TPSA) is 46.6 Å². The van der Waals surface area contributed by atoms with Gasteiger partial charge in [-0.15, -0.1) is 0 Å². The molecule has 5 heteroatoms. The Bertz CT molecular complexity index is 219. The second-order valence-corrected chi connectivity index (χ2v) is 4.80. The van der Waals surface area contributed by atoms with E-state index in [1.54, 1.807) is 18.7 Å². The summed E-state index contributed by atoms with van der Waals surface area (Å²) >= 11 is 1.61. The fourth-order valence-corrected chi connectivity index (χ4v) is 1.99. The van der Waals surface area contributed by atoms with E-state index in [1.807, 2.05) is 14.1 Å². The van der Waals surface area contributed by atoms with Gasteiger partial charge >= 0.3 is 5.97 Å². The van der Waals surface area contributed by atoms with Crippen LogP contribution in [0.5, 0.6) is 0 Å². The Kier molecular flexibility index (Phi) is 9.33. The highest BCUT2D eigenvalue weighted by atomic mass is 32.2. The summed E-state index contributed by atoms with van der Waals surface area (Å²) in [4.78, 5) is 24.4. The van der Waals surface area contributed by atoms with E-state index in [0.717, 1.165) is 12.3 Å². The van der Waals surface area contributed by atoms with Gasteiger partial charge in [0.15, 0.2) is 0 Å². The maximum absolute atomic E-state index is 11.4. The molecule has 0 saturated heterocycles. The van der Waals surface area contributed by atoms with Crippen LogP contribution in [0.25, 0.3) is 0 Å². The zero-order valence-corrected chi connectivity index (χ0v) is 11.1. The first kappa shape index (κ1) is 15.4. The number of ketones is 1. The lowest BCUT2D eigenvalue weighted by Gasteiger charge is -2.08. The van der Waals surface area contributed by atoms with E-state index in [0.29, 0.717) is 18.8 Å². The van der Waals surface area contributed by atoms with Crippen molar-refractivity contribution in [1.82, 2.24) is 4.90 Å². The smallest absolute Gasteiger partial charge is 0.306 e. The zero-order valence-electron chi connectivity index (χ0n) is 10.3. The van der Waals surface area contributed by atoms with Gasteiger partial charge in [-0.05, 0) is 21.0 Å². The van der Waals surface area contributed by atoms with Crippen molar-refractivity contribution >= 4 is 23.5 Å². The normalized spacial score (nSPS) is 10.5. The highest BCUT2D eigenvalue weighted by Crippen LogP contribution is 2.04. The number of rotatable bonds is 9. The zero-order chi connectivity index (χ0) is 12.4. The van der Waals surface area contributed by atoms with Crippen LogP contribution in [0.15, 0.2) is 0 Å². The SMILES string of the molecule is CCOC(=O)CCC(=O)CSCCN(C)C. The number of thioether (sulfide) groups is 1. The average molecular weight is 247 g/mol. The number of hydrogen-bond donors (Lipinski definition) is 0. The highest BCUT2D eigenvalue weighted by Gasteiger charge is 2.07. The molecule has 94 valence electrons. The number of nitrogens with zero attached hydrogens (tertiary/aromatic N) is 1. The van der Waals surface area contributed by atoms with Crippen LogP contribution in [-0.4, -0.2) is 55.4 Å². The predicted molar refractivity (Wildman–Crippen MR) is 66.8 cm³/mol. The maximum atomic E-state index is 11.4. The molecule has 0 rings (SSSR count). The summed E-state index contributed by atoms with van der Waals surface area (Å²) in [6.07, 6.45) is 0.509. The van der Waals surface area contributed by atoms with Crippen molar-refractivity contribution in [1.29, 1.82) is 0 Å². The van der Waals surface area contributed by atoms with Crippen LogP contribution >= 0.6 is 11.8 Å². The van der Waals surface area contributed by atoms with E-state index >= 15 is 0 Å². The lowest BCUT2D eigenvalue weighted by molar-refractivity contribution is -0.144. The summed E-state index contributed by atoms with van der Waals surface area (Å²) < 4.78 is 4.74. The molecule has 0 bridgehead atoms. The Labute approximate surface area is 102 Å². The molecule has 0 aliphatic heterocycles. The third kappa shape index (κ3) is 9.98. The molecule has 0 aliphatic rings. The molecular formula is C11H21NO3S. The summed E-state index contributed by atoms with van der Waals surface area (Å²) in [6.45, 7) is 3.11. The van der Waals surface area contributed by atoms with Crippen molar-refractivity contribution < 1.29 is 14.3 Å². The fourth-order valence-electron chi connectivity index (χ4n) is 0.980. The molecule has 0 heterocycles. The van der Waals surface area contributed by atoms with Crippen LogP contribution in [0.3, 0.4) is 0 Å². The first-order valence-corrected chi connectivity index (χ1v) is 6.61. The van der Waals surface area contributed by atoms with Crippen molar-refractivity contribution in [3.8, 4) is 0 Å². The van der Waals surface area contributed by atoms with Gasteiger partial charge in [-0.3, -0.25) is 9.59 Å². The van der Waals surface area contributed by atoms with E-state index in [1.165, 1.54) is 0 Å². The molecular weight excluding hydrogens is 226 g/mol. The molecule has 0 fully saturated rings. The second kappa shape index (κ2) is 9.66. The van der Waals surface area contributed by atoms with Gasteiger partial charge < -0.3 is 9.64 Å². The largest absolute Gasteiger partial charge is 0.466 e. The van der Waals surface area contributed by atoms with Crippen molar-refractivity contribution in [2.45, 2.75) is 19.8 Å². The Balaban J connectivity index is 3.41. The van der Waals surface area contributed by atoms with Gasteiger partial charge in [0.05, 0.1) is 18.8 Å². The van der Waals surface area contributed by atoms with E-state index in [2.05, 4.69) is 4.90 Å². The quantitative estimate of drug-likeness (QED) is 0.452. The number of carbonyl (C=O) groups excluding carboxylic acids is 2. The molecule has 0 unspecified atom stereocenters. The molecule has 0 aromatic heterocycles. The lowest BCUT2D eigenvalue weighted by atomic mass is 10.2. The van der Waals surface area contributed by atoms with Crippen molar-refractivity contribution in [2.24, 2.45) is 0 Å². The number of hydrogen-bond acceptors (Lipinski definition) is 5. The van der Waals surface area contributed by atoms with Crippen LogP contribution in [0, 0.1) is 0 Å². The van der Waals surface area contributed by atoms with E-state index in [4.69, 9.17) is 4.74 Å². The Morgan fingerprint density at radius 1 is 1.25 bits per heavy atom. The molecule has 0 saturated carbocycles. The number of Topliss-reactive ketones (excluding diaryl/α,β-unsaturated/α-hetero) is 1. The lowest BCUT2D eigenvalue weighted by Crippen LogP contribution is -2.16. The first-order chi connectivity index (χ1) is 7.56. The molecule has 0 spiro atoms. The summed E-state index contributed by atoms with van der Waals surface area (Å²) in [5.74, 6) is 1.27. The summed E-state index contributed by atoms with van der Waals surface area (Å²) in [5, 5.41) is 0. The van der Waals surface area contributed by atoms with Gasteiger partial charge in [-0.25, -0.2) is 0 Å². The van der Waals surface area contributed by atoms with Crippen molar-refractivity contribution in [2.75, 3.05) is 38.8 Å². The molecule has 0 N–H and O–H groups in total. The van der Waals surface area contributed by atoms with Crippen LogP contribution < -0.4 is 0 Å². The molecule has 0 aliphatic carbocycles. The Morgan fingerprint density at radius 2 is 1.94 bits per heavy atom. The molecule has 4 nitrogen and oxygen atoms in total. The summed E-state index contributed by atoms with van der Waals surface area (Å²) in [6, 6.07) is 0. The third-order valence-electron chi connectivity index (χ3n) is 1.86. The molecule has 0 radical (unpaired) electrons. The molecule has 16 heavy (non-hydrogen) atoms. The Morgan fingerprint density at radius 3 is 2.50 bits per heavy atom. The number of ether oxygens (including phenoxy) is 1. The highest BCUT2D eigenvalue weighted by molar-refractivity contribution is 7.99. The predicted octanol–water partition coefficient (Wildman–Crippen LogP) is 1.19. The van der Waals surface area contributed by atoms with Gasteiger partial charge in [0, 0.05) is 18.7 Å². The van der Waals surface area contributed by atoms with Crippen molar-refractivity contribution in [3.05, 3.63) is 0 Å². The molecule has 0 atom stereocenters. The molecule has 0 amide bonds. The van der Waals surface area contributed by atoms with Crippen LogP contribution in [0.2, 0.25) is 0 Å². The van der Waals surface area contributed by atoms with Crippen LogP contribution in [-0.2, 0) is 14.3 Å². The number of carbonyl (C=O) groups is 2. The fraction of sp³-hybridized carbons (Fsp3) is 0.818. The second-order valence-electron chi connectivity index (χ2n) is 3.70. The summed E-state index contributed by atoms with van der Waals surface area (Å²) in [7, 11) is 4.01. The standard InChI is InChI=1S/C11H21NO3S/c1-4-15-11(14)6-5-10(13)9-16-8-7-12(2)3/h4-9H2,1-3H3. The minimum Gasteiger partial charge on any atom is -0.466 e. The Hall–Kier alpha value is -0.550. The van der Waals surface area contributed by atoms with Gasteiger partial charge in [-0.2, -0.15) is 11.8 Å². The van der Waals surface area contributed by atoms with E-state index in [-0.39, 0.29) is 18.2 Å². The summed E-state index contributed by atoms with van der Waals surface area (Å²) in [5.41, 5.74) is 0. The first-order valence-electron chi connectivity index (χ1n) is 5.46. The van der Waals surface area contributed by atoms with Crippen molar-refractivity contribution in [3.63, 3.8) is 0 Å². The van der Waals surface area contributed by atoms with Crippen LogP contribution in [0.4, 0.5) is 0 Å². The van der Waals surface area contributed by atoms with Gasteiger partial charge in [-0.1, -0.05) is 0 Å². The number of esters is 1. The minimum absolute atomic E-state index is 0.122. The van der Waals surface area contributed by atoms with Crippen LogP contribution in [0.1, 0.15) is 19.8 Å². The van der Waals surface area contributed by atoms with Gasteiger partial charge in [0.1, 0.15) is 5.78 Å². The monoisotopic (exact) mass is 247 g/mol. The van der Waals surface area contributed by atoms with Gasteiger partial charge in [0.25, 0.3) is 0 Å². The van der Waals surface area contributed by atoms with E-state index < -0.39 is 0 Å². The maximum Gasteiger partial charge on any atom is 0.306 e. The minimum atomic E-state index is -0.283.